The highest BCUT2D eigenvalue weighted by atomic mass is 32.3. The first kappa shape index (κ1) is 8.49. The molecule has 0 fully saturated rings. The van der Waals surface area contributed by atoms with Crippen molar-refractivity contribution in [3.05, 3.63) is 0 Å². The van der Waals surface area contributed by atoms with Gasteiger partial charge in [0.25, 0.3) is 0 Å². The maximum atomic E-state index is 4.92. The summed E-state index contributed by atoms with van der Waals surface area (Å²) in [5, 5.41) is 0. The van der Waals surface area contributed by atoms with Crippen molar-refractivity contribution >= 4 is 20.0 Å². The fraction of sp³-hybridized carbons (Fsp3) is 1.00. The van der Waals surface area contributed by atoms with Crippen LogP contribution in [0.1, 0.15) is 0 Å². The topological polar surface area (TPSA) is 18.5 Å². The van der Waals surface area contributed by atoms with Gasteiger partial charge in [-0.1, -0.05) is 6.55 Å². The molecule has 0 bridgehead atoms. The van der Waals surface area contributed by atoms with Crippen LogP contribution in [0, 0.1) is 0 Å². The third-order valence-electron chi connectivity index (χ3n) is 0.858. The minimum Gasteiger partial charge on any atom is -0.359 e. The second-order valence-electron chi connectivity index (χ2n) is 1.58. The smallest absolute Gasteiger partial charge is 0.159 e. The lowest BCUT2D eigenvalue weighted by molar-refractivity contribution is -0.0445. The van der Waals surface area contributed by atoms with E-state index in [2.05, 4.69) is 18.6 Å². The Labute approximate surface area is 56.8 Å². The maximum absolute atomic E-state index is 4.92. The van der Waals surface area contributed by atoms with Crippen LogP contribution in [0.3, 0.4) is 0 Å². The largest absolute Gasteiger partial charge is 0.359 e. The molecule has 0 amide bonds. The van der Waals surface area contributed by atoms with Crippen molar-refractivity contribution in [2.75, 3.05) is 14.2 Å². The monoisotopic (exact) mass is 152 g/mol. The second-order valence-corrected chi connectivity index (χ2v) is 6.05. The standard InChI is InChI=1S/C4H12O2SSi/c1-5-4(6-2)8(3)7/h4,7-8H,1-3H3. The molecule has 0 radical (unpaired) electrons. The molecule has 0 heterocycles. The molecule has 0 aromatic rings. The summed E-state index contributed by atoms with van der Waals surface area (Å²) < 4.78 is 9.85. The summed E-state index contributed by atoms with van der Waals surface area (Å²) in [6, 6.07) is 0. The van der Waals surface area contributed by atoms with Crippen LogP contribution in [0.15, 0.2) is 0 Å². The van der Waals surface area contributed by atoms with Crippen molar-refractivity contribution in [3.8, 4) is 0 Å². The van der Waals surface area contributed by atoms with Gasteiger partial charge in [-0.2, -0.15) is 12.1 Å². The first-order valence-electron chi connectivity index (χ1n) is 2.46. The zero-order valence-electron chi connectivity index (χ0n) is 5.42. The van der Waals surface area contributed by atoms with E-state index >= 15 is 0 Å². The van der Waals surface area contributed by atoms with E-state index in [-0.39, 0.29) is 5.91 Å². The molecule has 1 unspecified atom stereocenters. The van der Waals surface area contributed by atoms with Gasteiger partial charge in [0.05, 0.1) is 0 Å². The maximum Gasteiger partial charge on any atom is 0.159 e. The molecule has 4 heteroatoms. The summed E-state index contributed by atoms with van der Waals surface area (Å²) in [4.78, 5) is 0. The van der Waals surface area contributed by atoms with E-state index in [0.29, 0.717) is 0 Å². The molecule has 0 saturated carbocycles. The number of ether oxygens (including phenoxy) is 2. The fourth-order valence-electron chi connectivity index (χ4n) is 0.490. The lowest BCUT2D eigenvalue weighted by Gasteiger charge is -2.14. The second kappa shape index (κ2) is 4.37. The molecule has 2 nitrogen and oxygen atoms in total. The van der Waals surface area contributed by atoms with Gasteiger partial charge in [0.2, 0.25) is 0 Å². The van der Waals surface area contributed by atoms with Gasteiger partial charge in [-0.25, -0.2) is 0 Å². The van der Waals surface area contributed by atoms with Crippen molar-refractivity contribution in [2.45, 2.75) is 12.5 Å². The van der Waals surface area contributed by atoms with Gasteiger partial charge in [0.1, 0.15) is 5.91 Å². The average Bonchev–Trinajstić information content (AvgIpc) is 1.69. The highest BCUT2D eigenvalue weighted by molar-refractivity contribution is 8.10. The van der Waals surface area contributed by atoms with Crippen molar-refractivity contribution in [1.82, 2.24) is 0 Å². The summed E-state index contributed by atoms with van der Waals surface area (Å²) >= 11 is 4.24. The Bertz CT molecular complexity index is 56.0. The van der Waals surface area contributed by atoms with E-state index in [0.717, 1.165) is 0 Å². The number of methoxy groups -OCH3 is 2. The van der Waals surface area contributed by atoms with Gasteiger partial charge < -0.3 is 9.47 Å². The van der Waals surface area contributed by atoms with E-state index in [4.69, 9.17) is 9.47 Å². The summed E-state index contributed by atoms with van der Waals surface area (Å²) in [5.74, 6) is -0.0432. The van der Waals surface area contributed by atoms with Crippen LogP contribution in [0.2, 0.25) is 6.55 Å². The highest BCUT2D eigenvalue weighted by Gasteiger charge is 2.11. The number of hydrogen-bond acceptors (Lipinski definition) is 3. The minimum absolute atomic E-state index is 0.0432. The predicted molar refractivity (Wildman–Crippen MR) is 39.8 cm³/mol. The first-order valence-corrected chi connectivity index (χ1v) is 6.34. The Morgan fingerprint density at radius 2 is 1.75 bits per heavy atom. The number of thiol groups is 1. The van der Waals surface area contributed by atoms with E-state index in [1.54, 1.807) is 14.2 Å². The molecule has 0 spiro atoms. The van der Waals surface area contributed by atoms with Crippen LogP contribution in [-0.4, -0.2) is 28.1 Å². The lowest BCUT2D eigenvalue weighted by Crippen LogP contribution is -2.26. The third kappa shape index (κ3) is 2.71. The van der Waals surface area contributed by atoms with Crippen LogP contribution < -0.4 is 0 Å². The Balaban J connectivity index is 3.35. The molecule has 8 heavy (non-hydrogen) atoms. The van der Waals surface area contributed by atoms with E-state index in [1.807, 2.05) is 0 Å². The molecular formula is C4H12O2SSi. The molecule has 1 atom stereocenters. The molecule has 50 valence electrons. The number of rotatable bonds is 3. The Hall–Kier alpha value is 0.487. The van der Waals surface area contributed by atoms with Crippen molar-refractivity contribution in [3.63, 3.8) is 0 Å². The molecule has 0 saturated heterocycles. The highest BCUT2D eigenvalue weighted by Crippen LogP contribution is 1.99. The summed E-state index contributed by atoms with van der Waals surface area (Å²) in [6.45, 7) is 2.06. The Morgan fingerprint density at radius 3 is 1.75 bits per heavy atom. The van der Waals surface area contributed by atoms with Gasteiger partial charge in [0.15, 0.2) is 7.95 Å². The van der Waals surface area contributed by atoms with Crippen molar-refractivity contribution < 1.29 is 9.47 Å². The third-order valence-corrected chi connectivity index (χ3v) is 2.92. The normalized spacial score (nSPS) is 14.6. The fourth-order valence-corrected chi connectivity index (χ4v) is 2.01. The summed E-state index contributed by atoms with van der Waals surface area (Å²) in [5.41, 5.74) is 0. The first-order chi connectivity index (χ1) is 3.72. The van der Waals surface area contributed by atoms with Crippen LogP contribution in [0.5, 0.6) is 0 Å². The quantitative estimate of drug-likeness (QED) is 0.359. The molecule has 0 N–H and O–H groups in total. The molecule has 0 aromatic heterocycles. The molecule has 0 aliphatic carbocycles. The van der Waals surface area contributed by atoms with Crippen LogP contribution in [0.25, 0.3) is 0 Å². The molecule has 0 aliphatic heterocycles. The minimum atomic E-state index is -1.04. The van der Waals surface area contributed by atoms with Gasteiger partial charge in [-0.3, -0.25) is 0 Å². The van der Waals surface area contributed by atoms with Crippen LogP contribution >= 0.6 is 12.1 Å². The van der Waals surface area contributed by atoms with Crippen LogP contribution in [-0.2, 0) is 9.47 Å². The van der Waals surface area contributed by atoms with E-state index in [1.165, 1.54) is 0 Å². The summed E-state index contributed by atoms with van der Waals surface area (Å²) in [6.07, 6.45) is 0. The van der Waals surface area contributed by atoms with Gasteiger partial charge in [-0.05, 0) is 0 Å². The molecule has 0 aromatic carbocycles. The molecule has 0 aliphatic rings. The lowest BCUT2D eigenvalue weighted by atomic mass is 11.3. The zero-order valence-corrected chi connectivity index (χ0v) is 7.47. The number of hydrogen-bond donors (Lipinski definition) is 1. The van der Waals surface area contributed by atoms with Gasteiger partial charge in [0, 0.05) is 14.2 Å². The average molecular weight is 152 g/mol. The predicted octanol–water partition coefficient (Wildman–Crippen LogP) is 0.428. The van der Waals surface area contributed by atoms with Gasteiger partial charge >= 0.3 is 0 Å². The molecular weight excluding hydrogens is 140 g/mol. The Morgan fingerprint density at radius 1 is 1.38 bits per heavy atom. The summed E-state index contributed by atoms with van der Waals surface area (Å²) in [7, 11) is 2.23. The molecule has 0 rings (SSSR count). The SMILES string of the molecule is COC(OC)[SiH](C)S. The van der Waals surface area contributed by atoms with Crippen LogP contribution in [0.4, 0.5) is 0 Å². The van der Waals surface area contributed by atoms with E-state index in [9.17, 15) is 0 Å². The van der Waals surface area contributed by atoms with Crippen molar-refractivity contribution in [1.29, 1.82) is 0 Å². The zero-order chi connectivity index (χ0) is 6.57. The van der Waals surface area contributed by atoms with Crippen molar-refractivity contribution in [2.24, 2.45) is 0 Å². The van der Waals surface area contributed by atoms with Gasteiger partial charge in [-0.15, -0.1) is 0 Å². The van der Waals surface area contributed by atoms with E-state index < -0.39 is 7.95 Å². The Kier molecular flexibility index (Phi) is 4.64.